The van der Waals surface area contributed by atoms with Gasteiger partial charge in [-0.25, -0.2) is 8.42 Å². The minimum absolute atomic E-state index is 0.0783. The number of rotatable bonds is 11. The topological polar surface area (TPSA) is 96.0 Å². The number of hydrogen-bond donors (Lipinski definition) is 1. The van der Waals surface area contributed by atoms with Gasteiger partial charge in [-0.05, 0) is 66.9 Å². The SMILES string of the molecule is COc1cccc(CN(C(=O)CN(C)S(=O)(=O)c2ccc3ccccc3c2)[C@H](Cc2ccccc2)C(=O)NC(C)(C)C)c1. The third kappa shape index (κ3) is 8.21. The van der Waals surface area contributed by atoms with E-state index in [1.807, 2.05) is 87.5 Å². The number of nitrogens with one attached hydrogen (secondary N) is 1. The summed E-state index contributed by atoms with van der Waals surface area (Å²) in [7, 11) is -1.07. The highest BCUT2D eigenvalue weighted by Gasteiger charge is 2.34. The standard InChI is InChI=1S/C34H39N3O5S/c1-34(2,3)35-33(39)31(21-25-12-7-6-8-13-25)37(23-26-14-11-17-29(20-26)42-5)32(38)24-36(4)43(40,41)30-19-18-27-15-9-10-16-28(27)22-30/h6-20,22,31H,21,23-24H2,1-5H3,(H,35,39)/t31-/m1/s1. The average Bonchev–Trinajstić information content (AvgIpc) is 2.98. The Labute approximate surface area is 254 Å². The third-order valence-electron chi connectivity index (χ3n) is 7.04. The van der Waals surface area contributed by atoms with Gasteiger partial charge in [0.2, 0.25) is 21.8 Å². The molecule has 0 fully saturated rings. The lowest BCUT2D eigenvalue weighted by Gasteiger charge is -2.34. The molecule has 43 heavy (non-hydrogen) atoms. The van der Waals surface area contributed by atoms with E-state index >= 15 is 0 Å². The zero-order valence-electron chi connectivity index (χ0n) is 25.3. The number of fused-ring (bicyclic) bond motifs is 1. The molecule has 8 nitrogen and oxygen atoms in total. The molecule has 0 spiro atoms. The van der Waals surface area contributed by atoms with Crippen LogP contribution in [0.2, 0.25) is 0 Å². The monoisotopic (exact) mass is 601 g/mol. The van der Waals surface area contributed by atoms with Gasteiger partial charge < -0.3 is 15.0 Å². The summed E-state index contributed by atoms with van der Waals surface area (Å²) < 4.78 is 33.7. The Balaban J connectivity index is 1.70. The van der Waals surface area contributed by atoms with E-state index in [0.717, 1.165) is 26.2 Å². The highest BCUT2D eigenvalue weighted by atomic mass is 32.2. The number of amides is 2. The summed E-state index contributed by atoms with van der Waals surface area (Å²) in [6.45, 7) is 5.26. The van der Waals surface area contributed by atoms with Crippen molar-refractivity contribution in [1.82, 2.24) is 14.5 Å². The molecule has 1 N–H and O–H groups in total. The summed E-state index contributed by atoms with van der Waals surface area (Å²) in [5.41, 5.74) is 1.07. The number of carbonyl (C=O) groups excluding carboxylic acids is 2. The predicted octanol–water partition coefficient (Wildman–Crippen LogP) is 5.02. The zero-order valence-corrected chi connectivity index (χ0v) is 26.1. The molecule has 9 heteroatoms. The van der Waals surface area contributed by atoms with Crippen molar-refractivity contribution in [3.8, 4) is 5.75 Å². The van der Waals surface area contributed by atoms with Crippen LogP contribution in [-0.2, 0) is 32.6 Å². The zero-order chi connectivity index (χ0) is 31.2. The molecule has 0 aliphatic rings. The number of carbonyl (C=O) groups is 2. The Morgan fingerprint density at radius 1 is 0.837 bits per heavy atom. The van der Waals surface area contributed by atoms with Gasteiger partial charge in [0.1, 0.15) is 11.8 Å². The first kappa shape index (κ1) is 31.7. The fourth-order valence-corrected chi connectivity index (χ4v) is 6.00. The van der Waals surface area contributed by atoms with Crippen molar-refractivity contribution >= 4 is 32.6 Å². The van der Waals surface area contributed by atoms with Crippen molar-refractivity contribution in [2.75, 3.05) is 20.7 Å². The van der Waals surface area contributed by atoms with Gasteiger partial charge >= 0.3 is 0 Å². The van der Waals surface area contributed by atoms with E-state index in [1.165, 1.54) is 11.9 Å². The minimum Gasteiger partial charge on any atom is -0.497 e. The first-order chi connectivity index (χ1) is 20.4. The maximum absolute atomic E-state index is 14.1. The van der Waals surface area contributed by atoms with Crippen LogP contribution in [0.1, 0.15) is 31.9 Å². The molecule has 0 heterocycles. The number of sulfonamides is 1. The molecule has 0 saturated carbocycles. The number of benzene rings is 4. The molecule has 0 saturated heterocycles. The molecule has 4 aromatic carbocycles. The van der Waals surface area contributed by atoms with E-state index in [9.17, 15) is 18.0 Å². The van der Waals surface area contributed by atoms with Crippen LogP contribution in [-0.4, -0.2) is 61.7 Å². The molecule has 2 amide bonds. The second-order valence-electron chi connectivity index (χ2n) is 11.6. The van der Waals surface area contributed by atoms with E-state index in [-0.39, 0.29) is 23.8 Å². The Morgan fingerprint density at radius 2 is 1.49 bits per heavy atom. The molecule has 0 bridgehead atoms. The van der Waals surface area contributed by atoms with E-state index < -0.39 is 34.1 Å². The Morgan fingerprint density at radius 3 is 2.16 bits per heavy atom. The smallest absolute Gasteiger partial charge is 0.243 e. The average molecular weight is 602 g/mol. The van der Waals surface area contributed by atoms with Crippen LogP contribution < -0.4 is 10.1 Å². The first-order valence-corrected chi connectivity index (χ1v) is 15.5. The number of nitrogens with zero attached hydrogens (tertiary/aromatic N) is 2. The van der Waals surface area contributed by atoms with Gasteiger partial charge in [-0.3, -0.25) is 9.59 Å². The molecule has 0 aliphatic carbocycles. The van der Waals surface area contributed by atoms with Crippen LogP contribution in [0.3, 0.4) is 0 Å². The number of hydrogen-bond acceptors (Lipinski definition) is 5. The summed E-state index contributed by atoms with van der Waals surface area (Å²) in [4.78, 5) is 29.5. The minimum atomic E-state index is -4.01. The maximum atomic E-state index is 14.1. The predicted molar refractivity (Wildman–Crippen MR) is 169 cm³/mol. The molecule has 0 radical (unpaired) electrons. The van der Waals surface area contributed by atoms with E-state index in [1.54, 1.807) is 37.4 Å². The quantitative estimate of drug-likeness (QED) is 0.260. The second kappa shape index (κ2) is 13.4. The molecular weight excluding hydrogens is 562 g/mol. The summed E-state index contributed by atoms with van der Waals surface area (Å²) in [5.74, 6) is -0.216. The highest BCUT2D eigenvalue weighted by Crippen LogP contribution is 2.23. The molecule has 0 aromatic heterocycles. The lowest BCUT2D eigenvalue weighted by atomic mass is 10.0. The van der Waals surface area contributed by atoms with Crippen LogP contribution in [0, 0.1) is 0 Å². The summed E-state index contributed by atoms with van der Waals surface area (Å²) in [6, 6.07) is 28.2. The first-order valence-electron chi connectivity index (χ1n) is 14.1. The van der Waals surface area contributed by atoms with Gasteiger partial charge in [0.15, 0.2) is 0 Å². The number of methoxy groups -OCH3 is 1. The Hall–Kier alpha value is -4.21. The van der Waals surface area contributed by atoms with Crippen LogP contribution in [0.25, 0.3) is 10.8 Å². The largest absolute Gasteiger partial charge is 0.497 e. The van der Waals surface area contributed by atoms with E-state index in [2.05, 4.69) is 5.32 Å². The van der Waals surface area contributed by atoms with Crippen LogP contribution in [0.5, 0.6) is 5.75 Å². The molecule has 1 atom stereocenters. The normalized spacial score (nSPS) is 12.6. The fourth-order valence-electron chi connectivity index (χ4n) is 4.85. The van der Waals surface area contributed by atoms with Gasteiger partial charge in [-0.2, -0.15) is 4.31 Å². The van der Waals surface area contributed by atoms with E-state index in [4.69, 9.17) is 4.74 Å². The molecular formula is C34H39N3O5S. The van der Waals surface area contributed by atoms with Crippen molar-refractivity contribution < 1.29 is 22.7 Å². The van der Waals surface area contributed by atoms with Crippen molar-refractivity contribution in [1.29, 1.82) is 0 Å². The Bertz CT molecular complexity index is 1680. The highest BCUT2D eigenvalue weighted by molar-refractivity contribution is 7.89. The number of ether oxygens (including phenoxy) is 1. The van der Waals surface area contributed by atoms with Gasteiger partial charge in [0, 0.05) is 25.6 Å². The van der Waals surface area contributed by atoms with Gasteiger partial charge in [-0.15, -0.1) is 0 Å². The summed E-state index contributed by atoms with van der Waals surface area (Å²) in [6.07, 6.45) is 0.250. The van der Waals surface area contributed by atoms with Gasteiger partial charge in [0.25, 0.3) is 0 Å². The fraction of sp³-hybridized carbons (Fsp3) is 0.294. The van der Waals surface area contributed by atoms with Crippen molar-refractivity contribution in [2.45, 2.75) is 50.2 Å². The van der Waals surface area contributed by atoms with Crippen LogP contribution >= 0.6 is 0 Å². The third-order valence-corrected chi connectivity index (χ3v) is 8.84. The molecule has 0 aliphatic heterocycles. The molecule has 226 valence electrons. The van der Waals surface area contributed by atoms with Crippen molar-refractivity contribution in [2.24, 2.45) is 0 Å². The van der Waals surface area contributed by atoms with Crippen LogP contribution in [0.15, 0.2) is 102 Å². The lowest BCUT2D eigenvalue weighted by Crippen LogP contribution is -2.56. The van der Waals surface area contributed by atoms with Gasteiger partial charge in [0.05, 0.1) is 18.6 Å². The van der Waals surface area contributed by atoms with Crippen molar-refractivity contribution in [3.63, 3.8) is 0 Å². The molecule has 4 rings (SSSR count). The molecule has 4 aromatic rings. The number of likely N-dealkylation sites (N-methyl/N-ethyl adjacent to an activating group) is 1. The molecule has 0 unspecified atom stereocenters. The summed E-state index contributed by atoms with van der Waals surface area (Å²) in [5, 5.41) is 4.72. The van der Waals surface area contributed by atoms with Crippen LogP contribution in [0.4, 0.5) is 0 Å². The maximum Gasteiger partial charge on any atom is 0.243 e. The van der Waals surface area contributed by atoms with Crippen molar-refractivity contribution in [3.05, 3.63) is 108 Å². The van der Waals surface area contributed by atoms with E-state index in [0.29, 0.717) is 5.75 Å². The lowest BCUT2D eigenvalue weighted by molar-refractivity contribution is -0.141. The Kier molecular flexibility index (Phi) is 9.88. The second-order valence-corrected chi connectivity index (χ2v) is 13.6. The summed E-state index contributed by atoms with van der Waals surface area (Å²) >= 11 is 0. The van der Waals surface area contributed by atoms with Gasteiger partial charge in [-0.1, -0.05) is 72.8 Å².